The van der Waals surface area contributed by atoms with Crippen molar-refractivity contribution in [3.05, 3.63) is 28.3 Å². The maximum Gasteiger partial charge on any atom is 0.491 e. The number of rotatable bonds is 6. The maximum atomic E-state index is 12.5. The molecule has 0 atom stereocenters. The van der Waals surface area contributed by atoms with Gasteiger partial charge >= 0.3 is 13.1 Å². The number of carboxylic acids is 1. The lowest BCUT2D eigenvalue weighted by Gasteiger charge is -2.21. The molecule has 9 heteroatoms. The van der Waals surface area contributed by atoms with Crippen molar-refractivity contribution in [1.29, 1.82) is 0 Å². The van der Waals surface area contributed by atoms with Crippen LogP contribution in [0.5, 0.6) is 0 Å². The third-order valence-corrected chi connectivity index (χ3v) is 3.71. The molecule has 0 radical (unpaired) electrons. The Morgan fingerprint density at radius 3 is 2.86 bits per heavy atom. The molecule has 1 amide bonds. The first-order valence-corrected chi connectivity index (χ1v) is 7.09. The summed E-state index contributed by atoms with van der Waals surface area (Å²) in [7, 11) is 0.592. The summed E-state index contributed by atoms with van der Waals surface area (Å²) in [4.78, 5) is 24.6. The zero-order chi connectivity index (χ0) is 16.3. The number of fused-ring (bicyclic) bond motifs is 1. The molecule has 0 aliphatic carbocycles. The van der Waals surface area contributed by atoms with E-state index in [4.69, 9.17) is 21.4 Å². The second-order valence-electron chi connectivity index (χ2n) is 4.91. The molecular weight excluding hydrogens is 310 g/mol. The molecule has 2 rings (SSSR count). The van der Waals surface area contributed by atoms with E-state index in [1.54, 1.807) is 7.05 Å². The summed E-state index contributed by atoms with van der Waals surface area (Å²) >= 11 is 6.11. The van der Waals surface area contributed by atoms with Gasteiger partial charge in [-0.25, -0.2) is 0 Å². The monoisotopic (exact) mass is 326 g/mol. The highest BCUT2D eigenvalue weighted by Gasteiger charge is 2.31. The molecule has 0 bridgehead atoms. The summed E-state index contributed by atoms with van der Waals surface area (Å²) < 4.78 is 5.07. The summed E-state index contributed by atoms with van der Waals surface area (Å²) in [6.45, 7) is 0.482. The lowest BCUT2D eigenvalue weighted by atomic mass is 9.78. The number of carboxylic acid groups (broad SMARTS) is 1. The fourth-order valence-corrected chi connectivity index (χ4v) is 2.53. The Bertz CT molecular complexity index is 598. The molecule has 1 aromatic rings. The lowest BCUT2D eigenvalue weighted by Crippen LogP contribution is -2.40. The largest absolute Gasteiger partial charge is 0.491 e. The minimum absolute atomic E-state index is 0.183. The second kappa shape index (κ2) is 7.10. The number of benzene rings is 1. The van der Waals surface area contributed by atoms with Crippen LogP contribution < -0.4 is 10.8 Å². The maximum absolute atomic E-state index is 12.5. The number of amides is 1. The van der Waals surface area contributed by atoms with Crippen LogP contribution in [0.2, 0.25) is 5.02 Å². The van der Waals surface area contributed by atoms with Crippen LogP contribution in [0.1, 0.15) is 15.9 Å². The molecule has 0 spiro atoms. The molecule has 1 heterocycles. The third kappa shape index (κ3) is 3.59. The van der Waals surface area contributed by atoms with E-state index in [9.17, 15) is 14.6 Å². The molecule has 0 unspecified atom stereocenters. The molecule has 7 nitrogen and oxygen atoms in total. The number of halogens is 1. The van der Waals surface area contributed by atoms with Gasteiger partial charge in [0.15, 0.2) is 0 Å². The van der Waals surface area contributed by atoms with Gasteiger partial charge in [0.1, 0.15) is 6.54 Å². The van der Waals surface area contributed by atoms with Gasteiger partial charge in [0.25, 0.3) is 5.91 Å². The van der Waals surface area contributed by atoms with Crippen molar-refractivity contribution in [2.75, 3.05) is 26.7 Å². The number of carbonyl (C=O) groups excluding carboxylic acids is 1. The van der Waals surface area contributed by atoms with Crippen molar-refractivity contribution < 1.29 is 24.4 Å². The molecular formula is C13H16BClN2O5. The van der Waals surface area contributed by atoms with Crippen LogP contribution in [-0.2, 0) is 16.1 Å². The van der Waals surface area contributed by atoms with Crippen LogP contribution in [0.4, 0.5) is 0 Å². The highest BCUT2D eigenvalue weighted by atomic mass is 35.5. The molecule has 0 saturated heterocycles. The Morgan fingerprint density at radius 1 is 1.50 bits per heavy atom. The number of nitrogens with zero attached hydrogens (tertiary/aromatic N) is 1. The predicted octanol–water partition coefficient (Wildman–Crippen LogP) is -0.696. The van der Waals surface area contributed by atoms with Gasteiger partial charge in [-0.05, 0) is 30.2 Å². The van der Waals surface area contributed by atoms with Crippen LogP contribution in [0.3, 0.4) is 0 Å². The van der Waals surface area contributed by atoms with Crippen molar-refractivity contribution in [3.63, 3.8) is 0 Å². The Morgan fingerprint density at radius 2 is 2.23 bits per heavy atom. The highest BCUT2D eigenvalue weighted by molar-refractivity contribution is 6.62. The van der Waals surface area contributed by atoms with E-state index in [1.165, 1.54) is 17.0 Å². The summed E-state index contributed by atoms with van der Waals surface area (Å²) in [5.41, 5.74) is 1.32. The molecule has 1 aromatic carbocycles. The average Bonchev–Trinajstić information content (AvgIpc) is 2.84. The van der Waals surface area contributed by atoms with Gasteiger partial charge in [0, 0.05) is 23.7 Å². The van der Waals surface area contributed by atoms with Crippen molar-refractivity contribution in [2.45, 2.75) is 6.61 Å². The van der Waals surface area contributed by atoms with Gasteiger partial charge in [0.05, 0.1) is 6.61 Å². The van der Waals surface area contributed by atoms with Gasteiger partial charge in [-0.2, -0.15) is 0 Å². The minimum Gasteiger partial charge on any atom is -0.480 e. The number of carbonyl (C=O) groups is 2. The average molecular weight is 327 g/mol. The summed E-state index contributed by atoms with van der Waals surface area (Å²) in [6.07, 6.45) is 0. The zero-order valence-corrected chi connectivity index (χ0v) is 12.8. The van der Waals surface area contributed by atoms with Gasteiger partial charge in [0.2, 0.25) is 0 Å². The van der Waals surface area contributed by atoms with E-state index in [0.29, 0.717) is 22.6 Å². The summed E-state index contributed by atoms with van der Waals surface area (Å²) in [5, 5.41) is 21.8. The molecule has 3 N–H and O–H groups in total. The van der Waals surface area contributed by atoms with E-state index in [2.05, 4.69) is 5.32 Å². The Kier molecular flexibility index (Phi) is 5.41. The normalized spacial score (nSPS) is 13.1. The number of nitrogens with one attached hydrogen (secondary N) is 1. The van der Waals surface area contributed by atoms with Crippen LogP contribution in [0, 0.1) is 0 Å². The second-order valence-corrected chi connectivity index (χ2v) is 5.32. The Balaban J connectivity index is 2.28. The third-order valence-electron chi connectivity index (χ3n) is 3.37. The first kappa shape index (κ1) is 16.8. The first-order valence-electron chi connectivity index (χ1n) is 6.71. The van der Waals surface area contributed by atoms with E-state index in [-0.39, 0.29) is 18.7 Å². The SMILES string of the molecule is CNCCN(CC(=O)O)C(=O)c1cc(Cl)c2c(c1)B(O)OC2. The van der Waals surface area contributed by atoms with Crippen molar-refractivity contribution in [1.82, 2.24) is 10.2 Å². The number of hydrogen-bond donors (Lipinski definition) is 3. The standard InChI is InChI=1S/C13H16BClN2O5/c1-16-2-3-17(6-12(18)19)13(20)8-4-10-9(11(15)5-8)7-22-14(10)21/h4-5,16,21H,2-3,6-7H2,1H3,(H,18,19). The molecule has 0 fully saturated rings. The van der Waals surface area contributed by atoms with E-state index in [1.807, 2.05) is 0 Å². The van der Waals surface area contributed by atoms with Crippen molar-refractivity contribution >= 4 is 36.1 Å². The van der Waals surface area contributed by atoms with Crippen molar-refractivity contribution in [2.24, 2.45) is 0 Å². The van der Waals surface area contributed by atoms with Crippen molar-refractivity contribution in [3.8, 4) is 0 Å². The van der Waals surface area contributed by atoms with E-state index >= 15 is 0 Å². The Hall–Kier alpha value is -1.61. The van der Waals surface area contributed by atoms with E-state index in [0.717, 1.165) is 0 Å². The topological polar surface area (TPSA) is 99.1 Å². The van der Waals surface area contributed by atoms with Gasteiger partial charge in [-0.15, -0.1) is 0 Å². The fraction of sp³-hybridized carbons (Fsp3) is 0.385. The Labute approximate surface area is 133 Å². The first-order chi connectivity index (χ1) is 10.4. The number of aliphatic carboxylic acids is 1. The molecule has 0 saturated carbocycles. The van der Waals surface area contributed by atoms with Crippen LogP contribution in [0.25, 0.3) is 0 Å². The fourth-order valence-electron chi connectivity index (χ4n) is 2.25. The summed E-state index contributed by atoms with van der Waals surface area (Å²) in [6, 6.07) is 2.97. The number of likely N-dealkylation sites (N-methyl/N-ethyl adjacent to an activating group) is 1. The van der Waals surface area contributed by atoms with Gasteiger partial charge in [-0.1, -0.05) is 11.6 Å². The number of hydrogen-bond acceptors (Lipinski definition) is 5. The lowest BCUT2D eigenvalue weighted by molar-refractivity contribution is -0.137. The zero-order valence-electron chi connectivity index (χ0n) is 12.0. The molecule has 118 valence electrons. The predicted molar refractivity (Wildman–Crippen MR) is 81.3 cm³/mol. The molecule has 22 heavy (non-hydrogen) atoms. The van der Waals surface area contributed by atoms with Gasteiger partial charge < -0.3 is 25.0 Å². The van der Waals surface area contributed by atoms with Crippen LogP contribution in [0.15, 0.2) is 12.1 Å². The smallest absolute Gasteiger partial charge is 0.480 e. The summed E-state index contributed by atoms with van der Waals surface area (Å²) in [5.74, 6) is -1.55. The molecule has 1 aliphatic heterocycles. The van der Waals surface area contributed by atoms with Crippen LogP contribution in [-0.4, -0.2) is 60.7 Å². The van der Waals surface area contributed by atoms with E-state index < -0.39 is 25.5 Å². The quantitative estimate of drug-likeness (QED) is 0.598. The van der Waals surface area contributed by atoms with Crippen LogP contribution >= 0.6 is 11.6 Å². The molecule has 0 aromatic heterocycles. The molecule has 1 aliphatic rings. The minimum atomic E-state index is -1.12. The van der Waals surface area contributed by atoms with Gasteiger partial charge in [-0.3, -0.25) is 9.59 Å². The highest BCUT2D eigenvalue weighted by Crippen LogP contribution is 2.22.